The molecular formula is C11H11ClF2O3. The monoisotopic (exact) mass is 264 g/mol. The Labute approximate surface area is 102 Å². The van der Waals surface area contributed by atoms with Crippen LogP contribution in [-0.4, -0.2) is 19.7 Å². The van der Waals surface area contributed by atoms with Gasteiger partial charge in [-0.2, -0.15) is 8.78 Å². The third-order valence-corrected chi connectivity index (χ3v) is 2.41. The first-order chi connectivity index (χ1) is 7.99. The molecule has 1 aromatic rings. The number of esters is 1. The van der Waals surface area contributed by atoms with Crippen molar-refractivity contribution in [2.45, 2.75) is 19.4 Å². The topological polar surface area (TPSA) is 35.5 Å². The van der Waals surface area contributed by atoms with Gasteiger partial charge in [0, 0.05) is 5.88 Å². The van der Waals surface area contributed by atoms with Gasteiger partial charge in [0.15, 0.2) is 0 Å². The van der Waals surface area contributed by atoms with Crippen LogP contribution in [0, 0.1) is 6.92 Å². The Hall–Kier alpha value is -1.36. The summed E-state index contributed by atoms with van der Waals surface area (Å²) in [6.45, 7) is -1.45. The highest BCUT2D eigenvalue weighted by atomic mass is 35.5. The molecule has 0 aliphatic carbocycles. The number of methoxy groups -OCH3 is 1. The van der Waals surface area contributed by atoms with Gasteiger partial charge in [0.25, 0.3) is 0 Å². The van der Waals surface area contributed by atoms with E-state index in [-0.39, 0.29) is 17.2 Å². The Balaban J connectivity index is 3.29. The first-order valence-electron chi connectivity index (χ1n) is 4.72. The minimum atomic E-state index is -3.00. The Morgan fingerprint density at radius 1 is 1.47 bits per heavy atom. The zero-order valence-electron chi connectivity index (χ0n) is 9.30. The first kappa shape index (κ1) is 13.7. The number of carbonyl (C=O) groups excluding carboxylic acids is 1. The molecule has 0 N–H and O–H groups in total. The van der Waals surface area contributed by atoms with Gasteiger partial charge in [-0.25, -0.2) is 4.79 Å². The molecular weight excluding hydrogens is 254 g/mol. The highest BCUT2D eigenvalue weighted by Gasteiger charge is 2.19. The maximum atomic E-state index is 12.2. The molecule has 17 heavy (non-hydrogen) atoms. The van der Waals surface area contributed by atoms with E-state index < -0.39 is 12.6 Å². The third kappa shape index (κ3) is 3.30. The molecule has 0 spiro atoms. The van der Waals surface area contributed by atoms with Gasteiger partial charge >= 0.3 is 12.6 Å². The quantitative estimate of drug-likeness (QED) is 0.619. The van der Waals surface area contributed by atoms with E-state index in [0.29, 0.717) is 11.1 Å². The van der Waals surface area contributed by atoms with E-state index >= 15 is 0 Å². The van der Waals surface area contributed by atoms with Crippen molar-refractivity contribution in [3.05, 3.63) is 28.8 Å². The minimum Gasteiger partial charge on any atom is -0.465 e. The molecule has 0 saturated carbocycles. The smallest absolute Gasteiger partial charge is 0.387 e. The summed E-state index contributed by atoms with van der Waals surface area (Å²) in [5.74, 6) is -0.754. The molecule has 0 unspecified atom stereocenters. The number of benzene rings is 1. The molecule has 0 fully saturated rings. The van der Waals surface area contributed by atoms with Crippen LogP contribution in [0.3, 0.4) is 0 Å². The molecule has 0 heterocycles. The molecule has 0 aliphatic rings. The Morgan fingerprint density at radius 2 is 2.12 bits per heavy atom. The summed E-state index contributed by atoms with van der Waals surface area (Å²) in [6.07, 6.45) is 0. The van der Waals surface area contributed by atoms with Crippen LogP contribution in [0.4, 0.5) is 8.78 Å². The zero-order chi connectivity index (χ0) is 13.0. The summed E-state index contributed by atoms with van der Waals surface area (Å²) in [7, 11) is 1.16. The van der Waals surface area contributed by atoms with E-state index in [0.717, 1.165) is 7.11 Å². The molecule has 1 rings (SSSR count). The maximum Gasteiger partial charge on any atom is 0.387 e. The fourth-order valence-electron chi connectivity index (χ4n) is 1.43. The zero-order valence-corrected chi connectivity index (χ0v) is 10.1. The van der Waals surface area contributed by atoms with E-state index in [1.165, 1.54) is 6.07 Å². The summed E-state index contributed by atoms with van der Waals surface area (Å²) in [4.78, 5) is 11.4. The summed E-state index contributed by atoms with van der Waals surface area (Å²) in [6, 6.07) is 2.96. The fourth-order valence-corrected chi connectivity index (χ4v) is 1.59. The number of aryl methyl sites for hydroxylation is 1. The number of ether oxygens (including phenoxy) is 2. The SMILES string of the molecule is COC(=O)c1cc(CCl)cc(C)c1OC(F)F. The van der Waals surface area contributed by atoms with Gasteiger partial charge in [0.2, 0.25) is 0 Å². The second-order valence-electron chi connectivity index (χ2n) is 3.29. The van der Waals surface area contributed by atoms with Gasteiger partial charge in [0.1, 0.15) is 11.3 Å². The molecule has 3 nitrogen and oxygen atoms in total. The van der Waals surface area contributed by atoms with Gasteiger partial charge < -0.3 is 9.47 Å². The number of hydrogen-bond acceptors (Lipinski definition) is 3. The Kier molecular flexibility index (Phi) is 4.69. The van der Waals surface area contributed by atoms with Crippen LogP contribution in [0.25, 0.3) is 0 Å². The average molecular weight is 265 g/mol. The predicted molar refractivity (Wildman–Crippen MR) is 58.7 cm³/mol. The molecule has 1 aromatic carbocycles. The lowest BCUT2D eigenvalue weighted by Gasteiger charge is -2.13. The van der Waals surface area contributed by atoms with Crippen LogP contribution >= 0.6 is 11.6 Å². The number of alkyl halides is 3. The molecule has 0 atom stereocenters. The molecule has 0 bridgehead atoms. The van der Waals surface area contributed by atoms with Gasteiger partial charge in [-0.1, -0.05) is 6.07 Å². The summed E-state index contributed by atoms with van der Waals surface area (Å²) in [5, 5.41) is 0. The van der Waals surface area contributed by atoms with E-state index in [1.807, 2.05) is 0 Å². The van der Waals surface area contributed by atoms with Crippen molar-refractivity contribution >= 4 is 17.6 Å². The second-order valence-corrected chi connectivity index (χ2v) is 3.56. The third-order valence-electron chi connectivity index (χ3n) is 2.10. The van der Waals surface area contributed by atoms with Crippen molar-refractivity contribution in [3.63, 3.8) is 0 Å². The van der Waals surface area contributed by atoms with E-state index in [4.69, 9.17) is 11.6 Å². The van der Waals surface area contributed by atoms with Gasteiger partial charge in [-0.15, -0.1) is 11.6 Å². The molecule has 0 amide bonds. The number of halogens is 3. The largest absolute Gasteiger partial charge is 0.465 e. The fraction of sp³-hybridized carbons (Fsp3) is 0.364. The van der Waals surface area contributed by atoms with Crippen molar-refractivity contribution < 1.29 is 23.0 Å². The van der Waals surface area contributed by atoms with E-state index in [1.54, 1.807) is 13.0 Å². The first-order valence-corrected chi connectivity index (χ1v) is 5.25. The van der Waals surface area contributed by atoms with E-state index in [9.17, 15) is 13.6 Å². The Morgan fingerprint density at radius 3 is 2.59 bits per heavy atom. The van der Waals surface area contributed by atoms with Crippen molar-refractivity contribution in [2.75, 3.05) is 7.11 Å². The van der Waals surface area contributed by atoms with Crippen LogP contribution in [0.5, 0.6) is 5.75 Å². The van der Waals surface area contributed by atoms with Crippen molar-refractivity contribution in [1.82, 2.24) is 0 Å². The van der Waals surface area contributed by atoms with E-state index in [2.05, 4.69) is 9.47 Å². The lowest BCUT2D eigenvalue weighted by atomic mass is 10.1. The van der Waals surface area contributed by atoms with Gasteiger partial charge in [0.05, 0.1) is 7.11 Å². The highest BCUT2D eigenvalue weighted by Crippen LogP contribution is 2.28. The van der Waals surface area contributed by atoms with Crippen LogP contribution < -0.4 is 4.74 Å². The molecule has 0 saturated heterocycles. The number of carbonyl (C=O) groups is 1. The summed E-state index contributed by atoms with van der Waals surface area (Å²) >= 11 is 5.64. The van der Waals surface area contributed by atoms with Crippen LogP contribution in [-0.2, 0) is 10.6 Å². The maximum absolute atomic E-state index is 12.2. The van der Waals surface area contributed by atoms with Crippen LogP contribution in [0.1, 0.15) is 21.5 Å². The normalized spacial score (nSPS) is 10.5. The standard InChI is InChI=1S/C11H11ClF2O3/c1-6-3-7(5-12)4-8(10(15)16-2)9(6)17-11(13)14/h3-4,11H,5H2,1-2H3. The lowest BCUT2D eigenvalue weighted by molar-refractivity contribution is -0.0508. The van der Waals surface area contributed by atoms with Crippen molar-refractivity contribution in [3.8, 4) is 5.75 Å². The molecule has 0 radical (unpaired) electrons. The van der Waals surface area contributed by atoms with Crippen molar-refractivity contribution in [1.29, 1.82) is 0 Å². The molecule has 0 aliphatic heterocycles. The molecule has 0 aromatic heterocycles. The summed E-state index contributed by atoms with van der Waals surface area (Å²) in [5.41, 5.74) is 0.985. The lowest BCUT2D eigenvalue weighted by Crippen LogP contribution is -2.11. The average Bonchev–Trinajstić information content (AvgIpc) is 2.29. The molecule has 6 heteroatoms. The Bertz CT molecular complexity index is 421. The van der Waals surface area contributed by atoms with Crippen LogP contribution in [0.2, 0.25) is 0 Å². The number of hydrogen-bond donors (Lipinski definition) is 0. The highest BCUT2D eigenvalue weighted by molar-refractivity contribution is 6.17. The second kappa shape index (κ2) is 5.82. The van der Waals surface area contributed by atoms with Gasteiger partial charge in [-0.3, -0.25) is 0 Å². The predicted octanol–water partition coefficient (Wildman–Crippen LogP) is 3.12. The number of rotatable bonds is 4. The molecule has 94 valence electrons. The van der Waals surface area contributed by atoms with Crippen LogP contribution in [0.15, 0.2) is 12.1 Å². The van der Waals surface area contributed by atoms with Crippen molar-refractivity contribution in [2.24, 2.45) is 0 Å². The summed E-state index contributed by atoms with van der Waals surface area (Å²) < 4.78 is 33.3. The minimum absolute atomic E-state index is 0.0524. The van der Waals surface area contributed by atoms with Gasteiger partial charge in [-0.05, 0) is 24.1 Å².